The molecule has 0 aliphatic heterocycles. The van der Waals surface area contributed by atoms with Crippen LogP contribution in [0.5, 0.6) is 0 Å². The lowest BCUT2D eigenvalue weighted by molar-refractivity contribution is -0.00253. The molecule has 3 rings (SSSR count). The van der Waals surface area contributed by atoms with Gasteiger partial charge in [-0.1, -0.05) is 6.07 Å². The summed E-state index contributed by atoms with van der Waals surface area (Å²) in [6.45, 7) is -0.170. The molecule has 0 unspecified atom stereocenters. The van der Waals surface area contributed by atoms with E-state index in [1.54, 1.807) is 61.1 Å². The first-order chi connectivity index (χ1) is 12.7. The van der Waals surface area contributed by atoms with E-state index >= 15 is 0 Å². The number of carbonyl (C=O) groups excluding carboxylic acids is 2. The van der Waals surface area contributed by atoms with E-state index in [1.807, 2.05) is 0 Å². The number of aromatic nitrogens is 3. The number of pyridine rings is 3. The van der Waals surface area contributed by atoms with Gasteiger partial charge in [0.25, 0.3) is 0 Å². The Balaban J connectivity index is 1.72. The molecule has 7 heteroatoms. The zero-order chi connectivity index (χ0) is 18.2. The zero-order valence-electron chi connectivity index (χ0n) is 13.7. The molecule has 26 heavy (non-hydrogen) atoms. The van der Waals surface area contributed by atoms with Gasteiger partial charge in [0, 0.05) is 31.0 Å². The first kappa shape index (κ1) is 17.2. The van der Waals surface area contributed by atoms with Crippen LogP contribution in [0.1, 0.15) is 32.5 Å². The molecule has 3 heterocycles. The second-order valence-electron chi connectivity index (χ2n) is 5.23. The Morgan fingerprint density at radius 3 is 2.12 bits per heavy atom. The number of hydrogen-bond acceptors (Lipinski definition) is 7. The van der Waals surface area contributed by atoms with Crippen molar-refractivity contribution in [1.82, 2.24) is 15.0 Å². The highest BCUT2D eigenvalue weighted by Crippen LogP contribution is 2.18. The molecule has 0 bridgehead atoms. The number of ether oxygens (including phenoxy) is 2. The van der Waals surface area contributed by atoms with Gasteiger partial charge in [0.15, 0.2) is 6.10 Å². The van der Waals surface area contributed by atoms with Crippen molar-refractivity contribution in [1.29, 1.82) is 0 Å². The number of esters is 2. The SMILES string of the molecule is O=C(OC[C@H](OC(=O)c1cccnc1)c1ccccn1)c1cccnc1. The van der Waals surface area contributed by atoms with Crippen molar-refractivity contribution < 1.29 is 19.1 Å². The van der Waals surface area contributed by atoms with Gasteiger partial charge in [0.2, 0.25) is 0 Å². The number of rotatable bonds is 6. The van der Waals surface area contributed by atoms with Crippen molar-refractivity contribution in [3.05, 3.63) is 90.3 Å². The normalized spacial score (nSPS) is 11.4. The molecule has 130 valence electrons. The molecule has 3 aromatic rings. The van der Waals surface area contributed by atoms with Gasteiger partial charge in [-0.3, -0.25) is 15.0 Å². The van der Waals surface area contributed by atoms with Gasteiger partial charge in [-0.2, -0.15) is 0 Å². The molecule has 0 spiro atoms. The first-order valence-corrected chi connectivity index (χ1v) is 7.83. The summed E-state index contributed by atoms with van der Waals surface area (Å²) in [5.74, 6) is -1.14. The third-order valence-corrected chi connectivity index (χ3v) is 3.43. The molecule has 0 aromatic carbocycles. The van der Waals surface area contributed by atoms with Gasteiger partial charge in [-0.15, -0.1) is 0 Å². The minimum Gasteiger partial charge on any atom is -0.458 e. The molecular formula is C19H15N3O4. The summed E-state index contributed by atoms with van der Waals surface area (Å²) in [7, 11) is 0. The quantitative estimate of drug-likeness (QED) is 0.632. The fourth-order valence-electron chi connectivity index (χ4n) is 2.15. The summed E-state index contributed by atoms with van der Waals surface area (Å²) in [6.07, 6.45) is 6.65. The van der Waals surface area contributed by atoms with Crippen LogP contribution in [0.2, 0.25) is 0 Å². The Hall–Kier alpha value is -3.61. The minimum atomic E-state index is -0.843. The lowest BCUT2D eigenvalue weighted by Crippen LogP contribution is -2.20. The predicted octanol–water partition coefficient (Wildman–Crippen LogP) is 2.63. The maximum absolute atomic E-state index is 12.3. The minimum absolute atomic E-state index is 0.170. The standard InChI is InChI=1S/C19H15N3O4/c23-18(14-5-3-8-20-11-14)25-13-17(16-7-1-2-10-22-16)26-19(24)15-6-4-9-21-12-15/h1-12,17H,13H2/t17-/m0/s1. The van der Waals surface area contributed by atoms with Gasteiger partial charge >= 0.3 is 11.9 Å². The maximum Gasteiger partial charge on any atom is 0.340 e. The summed E-state index contributed by atoms with van der Waals surface area (Å²) in [4.78, 5) is 36.4. The van der Waals surface area contributed by atoms with Crippen LogP contribution in [0.15, 0.2) is 73.4 Å². The van der Waals surface area contributed by atoms with Crippen molar-refractivity contribution >= 4 is 11.9 Å². The van der Waals surface area contributed by atoms with Gasteiger partial charge in [-0.05, 0) is 36.4 Å². The van der Waals surface area contributed by atoms with Crippen LogP contribution in [0.25, 0.3) is 0 Å². The Kier molecular flexibility index (Phi) is 5.61. The second-order valence-corrected chi connectivity index (χ2v) is 5.23. The molecule has 0 amide bonds. The topological polar surface area (TPSA) is 91.3 Å². The summed E-state index contributed by atoms with van der Waals surface area (Å²) in [5, 5.41) is 0. The average molecular weight is 349 g/mol. The highest BCUT2D eigenvalue weighted by molar-refractivity contribution is 5.89. The molecule has 1 atom stereocenters. The Morgan fingerprint density at radius 2 is 1.54 bits per heavy atom. The molecular weight excluding hydrogens is 334 g/mol. The molecule has 0 N–H and O–H groups in total. The molecule has 7 nitrogen and oxygen atoms in total. The Bertz CT molecular complexity index is 858. The van der Waals surface area contributed by atoms with Crippen molar-refractivity contribution in [2.45, 2.75) is 6.10 Å². The fourth-order valence-corrected chi connectivity index (χ4v) is 2.15. The molecule has 0 aliphatic rings. The number of hydrogen-bond donors (Lipinski definition) is 0. The number of carbonyl (C=O) groups is 2. The van der Waals surface area contributed by atoms with Gasteiger partial charge in [0.1, 0.15) is 6.61 Å². The van der Waals surface area contributed by atoms with Gasteiger partial charge in [0.05, 0.1) is 16.8 Å². The van der Waals surface area contributed by atoms with Gasteiger partial charge in [-0.25, -0.2) is 9.59 Å². The molecule has 0 aliphatic carbocycles. The van der Waals surface area contributed by atoms with E-state index in [0.29, 0.717) is 16.8 Å². The second kappa shape index (κ2) is 8.48. The lowest BCUT2D eigenvalue weighted by Gasteiger charge is -2.17. The van der Waals surface area contributed by atoms with E-state index in [1.165, 1.54) is 12.4 Å². The van der Waals surface area contributed by atoms with Crippen molar-refractivity contribution in [3.63, 3.8) is 0 Å². The third-order valence-electron chi connectivity index (χ3n) is 3.43. The Labute approximate surface area is 149 Å². The maximum atomic E-state index is 12.3. The van der Waals surface area contributed by atoms with E-state index in [-0.39, 0.29) is 6.61 Å². The summed E-state index contributed by atoms with van der Waals surface area (Å²) >= 11 is 0. The lowest BCUT2D eigenvalue weighted by atomic mass is 10.2. The first-order valence-electron chi connectivity index (χ1n) is 7.83. The van der Waals surface area contributed by atoms with Gasteiger partial charge < -0.3 is 9.47 Å². The summed E-state index contributed by atoms with van der Waals surface area (Å²) in [5.41, 5.74) is 1.08. The van der Waals surface area contributed by atoms with E-state index in [4.69, 9.17) is 9.47 Å². The van der Waals surface area contributed by atoms with Crippen LogP contribution < -0.4 is 0 Å². The highest BCUT2D eigenvalue weighted by atomic mass is 16.6. The monoisotopic (exact) mass is 349 g/mol. The molecule has 0 radical (unpaired) electrons. The Morgan fingerprint density at radius 1 is 0.846 bits per heavy atom. The molecule has 3 aromatic heterocycles. The molecule has 0 saturated heterocycles. The highest BCUT2D eigenvalue weighted by Gasteiger charge is 2.21. The zero-order valence-corrected chi connectivity index (χ0v) is 13.7. The summed E-state index contributed by atoms with van der Waals surface area (Å²) in [6, 6.07) is 11.6. The van der Waals surface area contributed by atoms with E-state index in [9.17, 15) is 9.59 Å². The fraction of sp³-hybridized carbons (Fsp3) is 0.105. The van der Waals surface area contributed by atoms with Crippen molar-refractivity contribution in [2.75, 3.05) is 6.61 Å². The third kappa shape index (κ3) is 4.47. The summed E-state index contributed by atoms with van der Waals surface area (Å²) < 4.78 is 10.7. The largest absolute Gasteiger partial charge is 0.458 e. The van der Waals surface area contributed by atoms with Crippen LogP contribution in [0.4, 0.5) is 0 Å². The molecule has 0 saturated carbocycles. The number of nitrogens with zero attached hydrogens (tertiary/aromatic N) is 3. The van der Waals surface area contributed by atoms with Crippen molar-refractivity contribution in [2.24, 2.45) is 0 Å². The van der Waals surface area contributed by atoms with Crippen LogP contribution >= 0.6 is 0 Å². The van der Waals surface area contributed by atoms with E-state index in [2.05, 4.69) is 15.0 Å². The smallest absolute Gasteiger partial charge is 0.340 e. The van der Waals surface area contributed by atoms with Crippen LogP contribution in [-0.2, 0) is 9.47 Å². The average Bonchev–Trinajstić information content (AvgIpc) is 2.72. The van der Waals surface area contributed by atoms with E-state index in [0.717, 1.165) is 0 Å². The molecule has 0 fully saturated rings. The van der Waals surface area contributed by atoms with Crippen LogP contribution in [0, 0.1) is 0 Å². The van der Waals surface area contributed by atoms with Crippen LogP contribution in [-0.4, -0.2) is 33.5 Å². The predicted molar refractivity (Wildman–Crippen MR) is 91.2 cm³/mol. The van der Waals surface area contributed by atoms with Crippen molar-refractivity contribution in [3.8, 4) is 0 Å². The van der Waals surface area contributed by atoms with Crippen LogP contribution in [0.3, 0.4) is 0 Å². The van der Waals surface area contributed by atoms with E-state index < -0.39 is 18.0 Å².